The summed E-state index contributed by atoms with van der Waals surface area (Å²) in [4.78, 5) is 46.5. The fraction of sp³-hybridized carbons (Fsp3) is 0.360. The van der Waals surface area contributed by atoms with Gasteiger partial charge in [0.25, 0.3) is 0 Å². The molecular weight excluding hydrogens is 506 g/mol. The van der Waals surface area contributed by atoms with Crippen LogP contribution in [0.25, 0.3) is 0 Å². The summed E-state index contributed by atoms with van der Waals surface area (Å²) in [6, 6.07) is 12.6. The molecule has 0 saturated carbocycles. The number of ether oxygens (including phenoxy) is 6. The molecule has 2 aromatic carbocycles. The number of benzene rings is 2. The Balaban J connectivity index is 1.56. The number of nitrogens with one attached hydrogen (secondary N) is 1. The summed E-state index contributed by atoms with van der Waals surface area (Å²) < 4.78 is 29.9. The van der Waals surface area contributed by atoms with Gasteiger partial charge in [-0.15, -0.1) is 0 Å². The minimum atomic E-state index is -0.714. The molecule has 0 fully saturated rings. The molecule has 13 heteroatoms. The fourth-order valence-corrected chi connectivity index (χ4v) is 2.69. The summed E-state index contributed by atoms with van der Waals surface area (Å²) in [5.41, 5.74) is 1.11. The van der Waals surface area contributed by atoms with E-state index in [0.29, 0.717) is 22.7 Å². The minimum Gasteiger partial charge on any atom is -0.482 e. The number of rotatable bonds is 16. The molecule has 0 bridgehead atoms. The number of amides is 1. The summed E-state index contributed by atoms with van der Waals surface area (Å²) in [5, 5.41) is 19.7. The third-order valence-corrected chi connectivity index (χ3v) is 4.37. The van der Waals surface area contributed by atoms with Crippen molar-refractivity contribution in [2.24, 2.45) is 0 Å². The Morgan fingerprint density at radius 2 is 1.08 bits per heavy atom. The molecule has 1 amide bonds. The molecular formula is C25H29NO12. The van der Waals surface area contributed by atoms with Crippen LogP contribution in [-0.2, 0) is 39.8 Å². The Hall–Kier alpha value is -4.36. The smallest absolute Gasteiger partial charge is 0.411 e. The largest absolute Gasteiger partial charge is 0.482 e. The molecule has 0 aliphatic rings. The first-order valence-electron chi connectivity index (χ1n) is 11.5. The second-order valence-electron chi connectivity index (χ2n) is 7.29. The molecule has 2 rings (SSSR count). The first kappa shape index (κ1) is 29.9. The van der Waals surface area contributed by atoms with Gasteiger partial charge in [-0.2, -0.15) is 0 Å². The van der Waals surface area contributed by atoms with Gasteiger partial charge in [-0.25, -0.2) is 14.4 Å². The Morgan fingerprint density at radius 1 is 0.605 bits per heavy atom. The first-order valence-corrected chi connectivity index (χ1v) is 11.5. The van der Waals surface area contributed by atoms with E-state index >= 15 is 0 Å². The maximum absolute atomic E-state index is 11.8. The van der Waals surface area contributed by atoms with Crippen molar-refractivity contribution in [1.82, 2.24) is 0 Å². The SMILES string of the molecule is O=C(COc1ccc(CC(=O)OCCO)cc1)OCCOC(=O)COc1ccc(NC(=O)OCCO)cc1. The number of anilines is 1. The molecule has 13 nitrogen and oxygen atoms in total. The lowest BCUT2D eigenvalue weighted by Gasteiger charge is -2.10. The molecule has 3 N–H and O–H groups in total. The second kappa shape index (κ2) is 17.2. The van der Waals surface area contributed by atoms with Gasteiger partial charge in [-0.05, 0) is 42.0 Å². The molecule has 0 aliphatic carbocycles. The first-order chi connectivity index (χ1) is 18.4. The van der Waals surface area contributed by atoms with E-state index in [-0.39, 0.29) is 59.3 Å². The summed E-state index contributed by atoms with van der Waals surface area (Å²) in [7, 11) is 0. The van der Waals surface area contributed by atoms with Crippen molar-refractivity contribution in [3.63, 3.8) is 0 Å². The number of aliphatic hydroxyl groups excluding tert-OH is 2. The van der Waals surface area contributed by atoms with E-state index in [4.69, 9.17) is 33.9 Å². The fourth-order valence-electron chi connectivity index (χ4n) is 2.69. The van der Waals surface area contributed by atoms with Crippen LogP contribution in [0.4, 0.5) is 10.5 Å². The highest BCUT2D eigenvalue weighted by Gasteiger charge is 2.09. The van der Waals surface area contributed by atoms with Gasteiger partial charge in [0.15, 0.2) is 13.2 Å². The van der Waals surface area contributed by atoms with Crippen LogP contribution in [0, 0.1) is 0 Å². The highest BCUT2D eigenvalue weighted by atomic mass is 16.6. The summed E-state index contributed by atoms with van der Waals surface area (Å²) in [5.74, 6) is -1.06. The Kier molecular flexibility index (Phi) is 13.5. The minimum absolute atomic E-state index is 0.0422. The van der Waals surface area contributed by atoms with Gasteiger partial charge in [0.1, 0.15) is 37.9 Å². The maximum atomic E-state index is 11.8. The van der Waals surface area contributed by atoms with Gasteiger partial charge in [-0.1, -0.05) is 12.1 Å². The van der Waals surface area contributed by atoms with E-state index < -0.39 is 24.0 Å². The van der Waals surface area contributed by atoms with E-state index in [1.165, 1.54) is 24.3 Å². The standard InChI is InChI=1S/C25H29NO12/c27-9-11-33-22(29)15-18-1-5-20(6-2-18)37-16-23(30)34-13-14-35-24(31)17-38-21-7-3-19(4-8-21)26-25(32)36-12-10-28/h1-8,27-28H,9-17H2,(H,26,32). The zero-order valence-corrected chi connectivity index (χ0v) is 20.5. The van der Waals surface area contributed by atoms with Crippen molar-refractivity contribution < 1.29 is 57.8 Å². The lowest BCUT2D eigenvalue weighted by atomic mass is 10.1. The van der Waals surface area contributed by atoms with Crippen LogP contribution in [0.5, 0.6) is 11.5 Å². The molecule has 0 heterocycles. The lowest BCUT2D eigenvalue weighted by Crippen LogP contribution is -2.21. The molecule has 2 aromatic rings. The Morgan fingerprint density at radius 3 is 1.61 bits per heavy atom. The average Bonchev–Trinajstić information content (AvgIpc) is 2.92. The molecule has 0 aromatic heterocycles. The highest BCUT2D eigenvalue weighted by molar-refractivity contribution is 5.84. The zero-order chi connectivity index (χ0) is 27.6. The van der Waals surface area contributed by atoms with Gasteiger partial charge in [0, 0.05) is 5.69 Å². The highest BCUT2D eigenvalue weighted by Crippen LogP contribution is 2.16. The van der Waals surface area contributed by atoms with E-state index in [0.717, 1.165) is 0 Å². The molecule has 0 radical (unpaired) electrons. The third-order valence-electron chi connectivity index (χ3n) is 4.37. The van der Waals surface area contributed by atoms with Gasteiger partial charge < -0.3 is 38.6 Å². The number of carbonyl (C=O) groups excluding carboxylic acids is 4. The van der Waals surface area contributed by atoms with Crippen molar-refractivity contribution in [3.05, 3.63) is 54.1 Å². The molecule has 0 saturated heterocycles. The summed E-state index contributed by atoms with van der Waals surface area (Å²) in [6.45, 7) is -1.78. The molecule has 0 atom stereocenters. The molecule has 0 unspecified atom stereocenters. The van der Waals surface area contributed by atoms with E-state index in [9.17, 15) is 19.2 Å². The van der Waals surface area contributed by atoms with Crippen LogP contribution in [0.15, 0.2) is 48.5 Å². The van der Waals surface area contributed by atoms with Crippen LogP contribution in [-0.4, -0.2) is 87.1 Å². The van der Waals surface area contributed by atoms with E-state index in [1.54, 1.807) is 24.3 Å². The second-order valence-corrected chi connectivity index (χ2v) is 7.29. The normalized spacial score (nSPS) is 10.2. The maximum Gasteiger partial charge on any atom is 0.411 e. The van der Waals surface area contributed by atoms with Gasteiger partial charge in [0.05, 0.1) is 19.6 Å². The average molecular weight is 536 g/mol. The van der Waals surface area contributed by atoms with Crippen molar-refractivity contribution in [2.45, 2.75) is 6.42 Å². The van der Waals surface area contributed by atoms with Crippen molar-refractivity contribution in [1.29, 1.82) is 0 Å². The summed E-state index contributed by atoms with van der Waals surface area (Å²) in [6.07, 6.45) is -0.672. The van der Waals surface area contributed by atoms with Crippen LogP contribution in [0.1, 0.15) is 5.56 Å². The van der Waals surface area contributed by atoms with Crippen LogP contribution in [0.3, 0.4) is 0 Å². The lowest BCUT2D eigenvalue weighted by molar-refractivity contribution is -0.154. The van der Waals surface area contributed by atoms with Crippen LogP contribution < -0.4 is 14.8 Å². The Labute approximate surface area is 218 Å². The summed E-state index contributed by atoms with van der Waals surface area (Å²) >= 11 is 0. The number of carbonyl (C=O) groups is 4. The number of aliphatic hydroxyl groups is 2. The van der Waals surface area contributed by atoms with Crippen molar-refractivity contribution in [3.8, 4) is 11.5 Å². The predicted molar refractivity (Wildman–Crippen MR) is 130 cm³/mol. The Bertz CT molecular complexity index is 940. The quantitative estimate of drug-likeness (QED) is 0.157. The number of hydrogen-bond acceptors (Lipinski definition) is 12. The van der Waals surface area contributed by atoms with Crippen molar-refractivity contribution in [2.75, 3.05) is 58.2 Å². The number of esters is 3. The topological polar surface area (TPSA) is 176 Å². The van der Waals surface area contributed by atoms with Crippen molar-refractivity contribution >= 4 is 29.7 Å². The van der Waals surface area contributed by atoms with Crippen LogP contribution in [0.2, 0.25) is 0 Å². The van der Waals surface area contributed by atoms with E-state index in [2.05, 4.69) is 10.1 Å². The molecule has 38 heavy (non-hydrogen) atoms. The monoisotopic (exact) mass is 535 g/mol. The molecule has 206 valence electrons. The van der Waals surface area contributed by atoms with E-state index in [1.807, 2.05) is 0 Å². The van der Waals surface area contributed by atoms with Gasteiger partial charge >= 0.3 is 24.0 Å². The number of hydrogen-bond donors (Lipinski definition) is 3. The zero-order valence-electron chi connectivity index (χ0n) is 20.5. The van der Waals surface area contributed by atoms with Gasteiger partial charge in [-0.3, -0.25) is 10.1 Å². The third kappa shape index (κ3) is 12.6. The predicted octanol–water partition coefficient (Wildman–Crippen LogP) is 0.850. The van der Waals surface area contributed by atoms with Crippen LogP contribution >= 0.6 is 0 Å². The molecule has 0 spiro atoms. The molecule has 0 aliphatic heterocycles. The van der Waals surface area contributed by atoms with Gasteiger partial charge in [0.2, 0.25) is 0 Å².